The maximum atomic E-state index is 11.9. The van der Waals surface area contributed by atoms with E-state index in [2.05, 4.69) is 10.6 Å². The van der Waals surface area contributed by atoms with Crippen molar-refractivity contribution in [2.75, 3.05) is 18.0 Å². The molecule has 0 radical (unpaired) electrons. The molecule has 1 saturated heterocycles. The van der Waals surface area contributed by atoms with Crippen molar-refractivity contribution in [1.82, 2.24) is 10.6 Å². The van der Waals surface area contributed by atoms with Crippen LogP contribution in [0.4, 0.5) is 10.5 Å². The second-order valence-corrected chi connectivity index (χ2v) is 5.78. The monoisotopic (exact) mass is 333 g/mol. The topological polar surface area (TPSA) is 98.7 Å². The van der Waals surface area contributed by atoms with Crippen LogP contribution in [0.2, 0.25) is 0 Å². The number of anilines is 1. The van der Waals surface area contributed by atoms with Gasteiger partial charge < -0.3 is 20.6 Å². The zero-order valence-electron chi connectivity index (χ0n) is 13.6. The molecule has 0 aromatic heterocycles. The molecule has 1 fully saturated rings. The van der Waals surface area contributed by atoms with Gasteiger partial charge in [0, 0.05) is 38.2 Å². The normalized spacial score (nSPS) is 14.3. The van der Waals surface area contributed by atoms with E-state index in [-0.39, 0.29) is 18.4 Å². The van der Waals surface area contributed by atoms with Crippen molar-refractivity contribution >= 4 is 23.6 Å². The number of benzene rings is 1. The molecule has 24 heavy (non-hydrogen) atoms. The summed E-state index contributed by atoms with van der Waals surface area (Å²) in [6, 6.07) is 7.25. The molecular formula is C17H23N3O4. The number of carboxylic acids is 1. The third-order valence-electron chi connectivity index (χ3n) is 3.88. The van der Waals surface area contributed by atoms with Gasteiger partial charge in [-0.15, -0.1) is 0 Å². The van der Waals surface area contributed by atoms with E-state index in [1.807, 2.05) is 24.3 Å². The molecule has 1 aromatic rings. The Labute approximate surface area is 141 Å². The van der Waals surface area contributed by atoms with Gasteiger partial charge in [-0.2, -0.15) is 0 Å². The van der Waals surface area contributed by atoms with Gasteiger partial charge in [0.2, 0.25) is 5.91 Å². The second kappa shape index (κ2) is 8.90. The van der Waals surface area contributed by atoms with Crippen molar-refractivity contribution in [3.8, 4) is 0 Å². The zero-order valence-corrected chi connectivity index (χ0v) is 13.6. The van der Waals surface area contributed by atoms with Crippen molar-refractivity contribution in [3.05, 3.63) is 29.8 Å². The summed E-state index contributed by atoms with van der Waals surface area (Å²) in [5, 5.41) is 13.8. The fraction of sp³-hybridized carbons (Fsp3) is 0.471. The van der Waals surface area contributed by atoms with Crippen LogP contribution in [0.15, 0.2) is 24.3 Å². The lowest BCUT2D eigenvalue weighted by Gasteiger charge is -2.26. The Morgan fingerprint density at radius 1 is 1.12 bits per heavy atom. The van der Waals surface area contributed by atoms with Gasteiger partial charge in [-0.1, -0.05) is 12.1 Å². The first kappa shape index (κ1) is 17.8. The predicted octanol–water partition coefficient (Wildman–Crippen LogP) is 1.87. The smallest absolute Gasteiger partial charge is 0.315 e. The van der Waals surface area contributed by atoms with Gasteiger partial charge in [-0.25, -0.2) is 4.79 Å². The minimum atomic E-state index is -0.871. The molecule has 3 amide bonds. The molecule has 1 heterocycles. The van der Waals surface area contributed by atoms with Gasteiger partial charge in [-0.05, 0) is 37.0 Å². The minimum Gasteiger partial charge on any atom is -0.481 e. The maximum absolute atomic E-state index is 11.9. The number of nitrogens with one attached hydrogen (secondary N) is 2. The van der Waals surface area contributed by atoms with Crippen LogP contribution in [0.3, 0.4) is 0 Å². The van der Waals surface area contributed by atoms with E-state index < -0.39 is 5.97 Å². The van der Waals surface area contributed by atoms with Crippen molar-refractivity contribution in [3.63, 3.8) is 0 Å². The van der Waals surface area contributed by atoms with Crippen LogP contribution in [0.25, 0.3) is 0 Å². The average Bonchev–Trinajstić information content (AvgIpc) is 2.58. The Hall–Kier alpha value is -2.57. The summed E-state index contributed by atoms with van der Waals surface area (Å²) in [5.74, 6) is -0.711. The molecule has 7 heteroatoms. The summed E-state index contributed by atoms with van der Waals surface area (Å²) in [6.07, 6.45) is 3.03. The average molecular weight is 333 g/mol. The molecule has 1 aliphatic heterocycles. The lowest BCUT2D eigenvalue weighted by atomic mass is 10.1. The van der Waals surface area contributed by atoms with E-state index in [9.17, 15) is 14.4 Å². The number of hydrogen-bond acceptors (Lipinski definition) is 3. The number of piperidine rings is 1. The molecule has 0 spiro atoms. The van der Waals surface area contributed by atoms with Gasteiger partial charge in [-0.3, -0.25) is 9.59 Å². The summed E-state index contributed by atoms with van der Waals surface area (Å²) in [5.41, 5.74) is 1.82. The van der Waals surface area contributed by atoms with Crippen LogP contribution in [-0.4, -0.2) is 36.1 Å². The van der Waals surface area contributed by atoms with Crippen LogP contribution in [-0.2, 0) is 16.1 Å². The Balaban J connectivity index is 1.74. The highest BCUT2D eigenvalue weighted by atomic mass is 16.4. The number of amides is 3. The van der Waals surface area contributed by atoms with E-state index in [0.29, 0.717) is 25.9 Å². The first-order chi connectivity index (χ1) is 11.6. The molecule has 7 nitrogen and oxygen atoms in total. The second-order valence-electron chi connectivity index (χ2n) is 5.78. The zero-order chi connectivity index (χ0) is 17.4. The molecular weight excluding hydrogens is 310 g/mol. The number of carboxylic acid groups (broad SMARTS) is 1. The highest BCUT2D eigenvalue weighted by Crippen LogP contribution is 2.21. The molecule has 0 bridgehead atoms. The highest BCUT2D eigenvalue weighted by Gasteiger charge is 2.19. The largest absolute Gasteiger partial charge is 0.481 e. The molecule has 130 valence electrons. The van der Waals surface area contributed by atoms with Gasteiger partial charge in [0.1, 0.15) is 0 Å². The third-order valence-corrected chi connectivity index (χ3v) is 3.88. The van der Waals surface area contributed by atoms with Gasteiger partial charge in [0.15, 0.2) is 0 Å². The van der Waals surface area contributed by atoms with Crippen LogP contribution < -0.4 is 15.5 Å². The Bertz CT molecular complexity index is 586. The number of aliphatic carboxylic acids is 1. The van der Waals surface area contributed by atoms with Gasteiger partial charge in [0.05, 0.1) is 0 Å². The Morgan fingerprint density at radius 2 is 1.88 bits per heavy atom. The molecule has 0 aliphatic carbocycles. The third kappa shape index (κ3) is 5.57. The number of carbonyl (C=O) groups is 3. The number of carbonyl (C=O) groups excluding carboxylic acids is 2. The van der Waals surface area contributed by atoms with E-state index in [1.54, 1.807) is 4.90 Å². The molecule has 1 aliphatic rings. The first-order valence-corrected chi connectivity index (χ1v) is 8.19. The quantitative estimate of drug-likeness (QED) is 0.663. The van der Waals surface area contributed by atoms with Crippen molar-refractivity contribution in [1.29, 1.82) is 0 Å². The van der Waals surface area contributed by atoms with Crippen LogP contribution in [0.5, 0.6) is 0 Å². The minimum absolute atomic E-state index is 0.0387. The molecule has 0 saturated carbocycles. The summed E-state index contributed by atoms with van der Waals surface area (Å²) in [6.45, 7) is 1.46. The van der Waals surface area contributed by atoms with E-state index in [1.165, 1.54) is 0 Å². The van der Waals surface area contributed by atoms with Crippen molar-refractivity contribution < 1.29 is 19.5 Å². The Morgan fingerprint density at radius 3 is 2.54 bits per heavy atom. The number of urea groups is 1. The number of hydrogen-bond donors (Lipinski definition) is 3. The molecule has 1 aromatic carbocycles. The summed E-state index contributed by atoms with van der Waals surface area (Å²) >= 11 is 0. The van der Waals surface area contributed by atoms with E-state index in [0.717, 1.165) is 30.6 Å². The van der Waals surface area contributed by atoms with Gasteiger partial charge in [0.25, 0.3) is 0 Å². The number of rotatable bonds is 7. The van der Waals surface area contributed by atoms with Gasteiger partial charge >= 0.3 is 12.0 Å². The molecule has 0 atom stereocenters. The van der Waals surface area contributed by atoms with Crippen LogP contribution >= 0.6 is 0 Å². The fourth-order valence-corrected chi connectivity index (χ4v) is 2.56. The molecule has 0 unspecified atom stereocenters. The summed E-state index contributed by atoms with van der Waals surface area (Å²) in [4.78, 5) is 35.6. The standard InChI is InChI=1S/C17H23N3O4/c21-15-4-1-2-11-20(15)14-8-6-13(7-9-14)12-19-17(24)18-10-3-5-16(22)23/h6-9H,1-5,10-12H2,(H,22,23)(H2,18,19,24). The SMILES string of the molecule is O=C(O)CCCNC(=O)NCc1ccc(N2CCCCC2=O)cc1. The van der Waals surface area contributed by atoms with Crippen LogP contribution in [0.1, 0.15) is 37.7 Å². The Kier molecular flexibility index (Phi) is 6.60. The molecule has 3 N–H and O–H groups in total. The van der Waals surface area contributed by atoms with E-state index >= 15 is 0 Å². The predicted molar refractivity (Wildman–Crippen MR) is 89.8 cm³/mol. The van der Waals surface area contributed by atoms with E-state index in [4.69, 9.17) is 5.11 Å². The summed E-state index contributed by atoms with van der Waals surface area (Å²) in [7, 11) is 0. The first-order valence-electron chi connectivity index (χ1n) is 8.19. The molecule has 2 rings (SSSR count). The van der Waals surface area contributed by atoms with Crippen molar-refractivity contribution in [2.45, 2.75) is 38.6 Å². The lowest BCUT2D eigenvalue weighted by Crippen LogP contribution is -2.36. The lowest BCUT2D eigenvalue weighted by molar-refractivity contribution is -0.137. The maximum Gasteiger partial charge on any atom is 0.315 e. The summed E-state index contributed by atoms with van der Waals surface area (Å²) < 4.78 is 0. The highest BCUT2D eigenvalue weighted by molar-refractivity contribution is 5.93. The van der Waals surface area contributed by atoms with Crippen LogP contribution in [0, 0.1) is 0 Å². The fourth-order valence-electron chi connectivity index (χ4n) is 2.56. The number of nitrogens with zero attached hydrogens (tertiary/aromatic N) is 1. The van der Waals surface area contributed by atoms with Crippen molar-refractivity contribution in [2.24, 2.45) is 0 Å².